The Hall–Kier alpha value is -2.53. The molecule has 106 valence electrons. The van der Waals surface area contributed by atoms with E-state index in [1.807, 2.05) is 18.2 Å². The zero-order chi connectivity index (χ0) is 15.2. The molecule has 0 aliphatic rings. The molecule has 0 radical (unpaired) electrons. The number of nitrogens with one attached hydrogen (secondary N) is 1. The summed E-state index contributed by atoms with van der Waals surface area (Å²) in [6, 6.07) is 17.6. The topological polar surface area (TPSA) is 72.2 Å². The molecule has 2 rings (SSSR count). The first-order valence-electron chi connectivity index (χ1n) is 6.34. The van der Waals surface area contributed by atoms with Crippen molar-refractivity contribution in [3.63, 3.8) is 0 Å². The van der Waals surface area contributed by atoms with Crippen LogP contribution in [0.1, 0.15) is 10.4 Å². The van der Waals surface area contributed by atoms with E-state index in [4.69, 9.17) is 18.0 Å². The number of hydrogen-bond donors (Lipinski definition) is 2. The van der Waals surface area contributed by atoms with Gasteiger partial charge in [0.15, 0.2) is 11.7 Å². The molecule has 0 saturated carbocycles. The molecular formula is C16H14N2O2S. The van der Waals surface area contributed by atoms with Gasteiger partial charge in [-0.05, 0) is 12.1 Å². The number of rotatable bonds is 5. The fraction of sp³-hybridized carbons (Fsp3) is 0.0625. The second kappa shape index (κ2) is 6.76. The number of anilines is 1. The van der Waals surface area contributed by atoms with Crippen LogP contribution in [0.15, 0.2) is 60.7 Å². The molecule has 5 heteroatoms. The fourth-order valence-electron chi connectivity index (χ4n) is 1.88. The molecule has 0 bridgehead atoms. The van der Waals surface area contributed by atoms with Gasteiger partial charge in [0, 0.05) is 11.3 Å². The smallest absolute Gasteiger partial charge is 0.235 e. The minimum atomic E-state index is -1.18. The lowest BCUT2D eigenvalue weighted by Gasteiger charge is -2.15. The molecule has 0 saturated heterocycles. The Labute approximate surface area is 128 Å². The molecule has 0 aliphatic heterocycles. The van der Waals surface area contributed by atoms with E-state index in [0.29, 0.717) is 11.3 Å². The third-order valence-electron chi connectivity index (χ3n) is 2.91. The van der Waals surface area contributed by atoms with Crippen LogP contribution in [0.2, 0.25) is 0 Å². The fourth-order valence-corrected chi connectivity index (χ4v) is 2.22. The van der Waals surface area contributed by atoms with Gasteiger partial charge in [-0.1, -0.05) is 60.7 Å². The molecule has 0 aromatic heterocycles. The highest BCUT2D eigenvalue weighted by molar-refractivity contribution is 7.80. The molecule has 0 fully saturated rings. The second-order valence-electron chi connectivity index (χ2n) is 4.42. The predicted molar refractivity (Wildman–Crippen MR) is 86.1 cm³/mol. The first kappa shape index (κ1) is 14.9. The Morgan fingerprint density at radius 3 is 2.00 bits per heavy atom. The molecule has 1 atom stereocenters. The number of nitrogens with two attached hydrogens (primary N) is 1. The van der Waals surface area contributed by atoms with Gasteiger partial charge in [0.25, 0.3) is 0 Å². The van der Waals surface area contributed by atoms with Gasteiger partial charge < -0.3 is 11.1 Å². The molecule has 0 spiro atoms. The number of ketones is 1. The highest BCUT2D eigenvalue weighted by atomic mass is 32.1. The molecule has 1 amide bonds. The highest BCUT2D eigenvalue weighted by Crippen LogP contribution is 2.14. The second-order valence-corrected chi connectivity index (χ2v) is 4.86. The van der Waals surface area contributed by atoms with Gasteiger partial charge in [-0.2, -0.15) is 0 Å². The molecule has 4 nitrogen and oxygen atoms in total. The van der Waals surface area contributed by atoms with Gasteiger partial charge in [0.2, 0.25) is 5.91 Å². The van der Waals surface area contributed by atoms with Crippen LogP contribution in [0, 0.1) is 5.92 Å². The first-order chi connectivity index (χ1) is 10.1. The summed E-state index contributed by atoms with van der Waals surface area (Å²) in [6.45, 7) is 0. The van der Waals surface area contributed by atoms with Crippen LogP contribution in [0.3, 0.4) is 0 Å². The molecule has 2 aromatic rings. The Bertz CT molecular complexity index is 656. The van der Waals surface area contributed by atoms with Gasteiger partial charge >= 0.3 is 0 Å². The summed E-state index contributed by atoms with van der Waals surface area (Å²) in [7, 11) is 0. The van der Waals surface area contributed by atoms with Crippen molar-refractivity contribution < 1.29 is 9.59 Å². The summed E-state index contributed by atoms with van der Waals surface area (Å²) in [4.78, 5) is 24.1. The van der Waals surface area contributed by atoms with Crippen molar-refractivity contribution in [2.24, 2.45) is 11.7 Å². The Morgan fingerprint density at radius 1 is 0.952 bits per heavy atom. The van der Waals surface area contributed by atoms with Gasteiger partial charge in [0.1, 0.15) is 4.99 Å². The summed E-state index contributed by atoms with van der Waals surface area (Å²) in [6.07, 6.45) is 0. The molecular weight excluding hydrogens is 284 g/mol. The summed E-state index contributed by atoms with van der Waals surface area (Å²) >= 11 is 5.18. The van der Waals surface area contributed by atoms with Crippen LogP contribution in [0.25, 0.3) is 0 Å². The number of benzene rings is 2. The van der Waals surface area contributed by atoms with Gasteiger partial charge in [-0.15, -0.1) is 0 Å². The van der Waals surface area contributed by atoms with Crippen LogP contribution >= 0.6 is 12.2 Å². The Balaban J connectivity index is 2.21. The summed E-state index contributed by atoms with van der Waals surface area (Å²) in [5.74, 6) is -2.35. The minimum Gasteiger partial charge on any atom is -0.369 e. The normalized spacial score (nSPS) is 11.4. The van der Waals surface area contributed by atoms with E-state index in [9.17, 15) is 9.59 Å². The van der Waals surface area contributed by atoms with Crippen LogP contribution < -0.4 is 11.1 Å². The van der Waals surface area contributed by atoms with Crippen molar-refractivity contribution in [3.8, 4) is 0 Å². The van der Waals surface area contributed by atoms with Crippen molar-refractivity contribution in [1.29, 1.82) is 0 Å². The lowest BCUT2D eigenvalue weighted by atomic mass is 9.96. The van der Waals surface area contributed by atoms with Crippen LogP contribution in [-0.4, -0.2) is 16.7 Å². The average Bonchev–Trinajstić information content (AvgIpc) is 2.49. The SMILES string of the molecule is NC(=O)C(C(=O)c1ccccc1)C(=S)Nc1ccccc1. The molecule has 21 heavy (non-hydrogen) atoms. The molecule has 0 aliphatic carbocycles. The summed E-state index contributed by atoms with van der Waals surface area (Å²) in [5, 5.41) is 2.88. The van der Waals surface area contributed by atoms with E-state index >= 15 is 0 Å². The molecule has 3 N–H and O–H groups in total. The third kappa shape index (κ3) is 3.73. The monoisotopic (exact) mass is 298 g/mol. The Morgan fingerprint density at radius 2 is 1.48 bits per heavy atom. The van der Waals surface area contributed by atoms with E-state index < -0.39 is 17.6 Å². The average molecular weight is 298 g/mol. The van der Waals surface area contributed by atoms with Gasteiger partial charge in [-0.3, -0.25) is 9.59 Å². The predicted octanol–water partition coefficient (Wildman–Crippen LogP) is 2.41. The maximum atomic E-state index is 12.4. The maximum Gasteiger partial charge on any atom is 0.235 e. The van der Waals surface area contributed by atoms with Crippen LogP contribution in [0.4, 0.5) is 5.69 Å². The van der Waals surface area contributed by atoms with Gasteiger partial charge in [-0.25, -0.2) is 0 Å². The number of carbonyl (C=O) groups is 2. The largest absolute Gasteiger partial charge is 0.369 e. The summed E-state index contributed by atoms with van der Waals surface area (Å²) < 4.78 is 0. The third-order valence-corrected chi connectivity index (χ3v) is 3.25. The van der Waals surface area contributed by atoms with E-state index in [-0.39, 0.29) is 4.99 Å². The standard InChI is InChI=1S/C16H14N2O2S/c17-15(20)13(14(19)11-7-3-1-4-8-11)16(21)18-12-9-5-2-6-10-12/h1-10,13H,(H2,17,20)(H,18,21). The van der Waals surface area contributed by atoms with E-state index in [2.05, 4.69) is 5.32 Å². The minimum absolute atomic E-state index is 0.0996. The van der Waals surface area contributed by atoms with Crippen LogP contribution in [0.5, 0.6) is 0 Å². The maximum absolute atomic E-state index is 12.4. The van der Waals surface area contributed by atoms with E-state index in [1.165, 1.54) is 0 Å². The van der Waals surface area contributed by atoms with Gasteiger partial charge in [0.05, 0.1) is 0 Å². The van der Waals surface area contributed by atoms with Crippen LogP contribution in [-0.2, 0) is 4.79 Å². The number of hydrogen-bond acceptors (Lipinski definition) is 3. The zero-order valence-electron chi connectivity index (χ0n) is 11.2. The Kier molecular flexibility index (Phi) is 4.79. The lowest BCUT2D eigenvalue weighted by molar-refractivity contribution is -0.118. The van der Waals surface area contributed by atoms with Crippen molar-refractivity contribution in [2.75, 3.05) is 5.32 Å². The number of primary amides is 1. The van der Waals surface area contributed by atoms with E-state index in [0.717, 1.165) is 0 Å². The number of carbonyl (C=O) groups excluding carboxylic acids is 2. The number of thiocarbonyl (C=S) groups is 1. The molecule has 0 heterocycles. The zero-order valence-corrected chi connectivity index (χ0v) is 12.0. The van der Waals surface area contributed by atoms with Crippen molar-refractivity contribution in [2.45, 2.75) is 0 Å². The quantitative estimate of drug-likeness (QED) is 0.505. The number of Topliss-reactive ketones (excluding diaryl/α,β-unsaturated/α-hetero) is 1. The highest BCUT2D eigenvalue weighted by Gasteiger charge is 2.29. The molecule has 2 aromatic carbocycles. The molecule has 1 unspecified atom stereocenters. The van der Waals surface area contributed by atoms with Crippen molar-refractivity contribution in [1.82, 2.24) is 0 Å². The lowest BCUT2D eigenvalue weighted by Crippen LogP contribution is -2.39. The number of amides is 1. The van der Waals surface area contributed by atoms with Crippen molar-refractivity contribution >= 4 is 34.6 Å². The van der Waals surface area contributed by atoms with E-state index in [1.54, 1.807) is 42.5 Å². The van der Waals surface area contributed by atoms with Crippen molar-refractivity contribution in [3.05, 3.63) is 66.2 Å². The number of para-hydroxylation sites is 1. The first-order valence-corrected chi connectivity index (χ1v) is 6.75. The summed E-state index contributed by atoms with van der Waals surface area (Å²) in [5.41, 5.74) is 6.45.